The molecule has 0 aliphatic carbocycles. The summed E-state index contributed by atoms with van der Waals surface area (Å²) >= 11 is 1.86. The van der Waals surface area contributed by atoms with E-state index in [0.717, 1.165) is 0 Å². The number of carbonyl (C=O) groups is 1. The fraction of sp³-hybridized carbons (Fsp3) is 0. The summed E-state index contributed by atoms with van der Waals surface area (Å²) in [5.41, 5.74) is 0.438. The van der Waals surface area contributed by atoms with Crippen molar-refractivity contribution in [2.24, 2.45) is 0 Å². The van der Waals surface area contributed by atoms with Crippen molar-refractivity contribution >= 4 is 34.1 Å². The van der Waals surface area contributed by atoms with E-state index in [1.807, 2.05) is 22.6 Å². The first kappa shape index (κ1) is 12.7. The Balaban J connectivity index is 2.56. The smallest absolute Gasteiger partial charge is 0.288 e. The summed E-state index contributed by atoms with van der Waals surface area (Å²) in [5.74, 6) is -0.333. The normalized spacial score (nSPS) is 10.1. The van der Waals surface area contributed by atoms with Gasteiger partial charge in [0.05, 0.1) is 8.49 Å². The van der Waals surface area contributed by atoms with Crippen LogP contribution in [0.4, 0.5) is 5.69 Å². The fourth-order valence-corrected chi connectivity index (χ4v) is 2.32. The molecule has 0 amide bonds. The first-order valence-corrected chi connectivity index (χ1v) is 6.22. The second-order valence-corrected chi connectivity index (χ2v) is 4.75. The van der Waals surface area contributed by atoms with Crippen LogP contribution in [0.5, 0.6) is 0 Å². The first-order chi connectivity index (χ1) is 8.61. The van der Waals surface area contributed by atoms with Crippen molar-refractivity contribution in [1.29, 1.82) is 0 Å². The summed E-state index contributed by atoms with van der Waals surface area (Å²) < 4.78 is 0.458. The van der Waals surface area contributed by atoms with Crippen LogP contribution in [0.25, 0.3) is 0 Å². The summed E-state index contributed by atoms with van der Waals surface area (Å²) in [6.45, 7) is 0. The number of carbonyl (C=O) groups excluding carboxylic acids is 1. The molecule has 5 heteroatoms. The van der Waals surface area contributed by atoms with E-state index >= 15 is 0 Å². The van der Waals surface area contributed by atoms with E-state index in [0.29, 0.717) is 9.13 Å². The van der Waals surface area contributed by atoms with Crippen molar-refractivity contribution in [2.45, 2.75) is 0 Å². The number of halogens is 1. The maximum atomic E-state index is 12.2. The molecule has 0 aliphatic rings. The fourth-order valence-electron chi connectivity index (χ4n) is 1.63. The van der Waals surface area contributed by atoms with Crippen LogP contribution in [-0.4, -0.2) is 10.7 Å². The second-order valence-electron chi connectivity index (χ2n) is 3.59. The third-order valence-electron chi connectivity index (χ3n) is 2.45. The van der Waals surface area contributed by atoms with Crippen LogP contribution < -0.4 is 0 Å². The molecule has 0 unspecified atom stereocenters. The van der Waals surface area contributed by atoms with Gasteiger partial charge in [0, 0.05) is 5.56 Å². The lowest BCUT2D eigenvalue weighted by Gasteiger charge is -2.03. The molecule has 4 nitrogen and oxygen atoms in total. The van der Waals surface area contributed by atoms with Crippen molar-refractivity contribution < 1.29 is 9.72 Å². The van der Waals surface area contributed by atoms with E-state index in [9.17, 15) is 14.9 Å². The minimum atomic E-state index is -0.516. The highest BCUT2D eigenvalue weighted by molar-refractivity contribution is 14.1. The number of ketones is 1. The number of rotatable bonds is 3. The lowest BCUT2D eigenvalue weighted by Crippen LogP contribution is -2.06. The van der Waals surface area contributed by atoms with Gasteiger partial charge in [-0.05, 0) is 34.7 Å². The summed E-state index contributed by atoms with van der Waals surface area (Å²) in [6.07, 6.45) is 0. The zero-order valence-corrected chi connectivity index (χ0v) is 11.3. The molecule has 90 valence electrons. The van der Waals surface area contributed by atoms with Gasteiger partial charge in [0.2, 0.25) is 0 Å². The monoisotopic (exact) mass is 353 g/mol. The molecule has 0 N–H and O–H groups in total. The number of nitro groups is 1. The molecule has 18 heavy (non-hydrogen) atoms. The highest BCUT2D eigenvalue weighted by Crippen LogP contribution is 2.27. The van der Waals surface area contributed by atoms with Gasteiger partial charge in [-0.3, -0.25) is 14.9 Å². The van der Waals surface area contributed by atoms with Crippen molar-refractivity contribution in [1.82, 2.24) is 0 Å². The van der Waals surface area contributed by atoms with E-state index in [4.69, 9.17) is 0 Å². The summed E-state index contributed by atoms with van der Waals surface area (Å²) in [7, 11) is 0. The van der Waals surface area contributed by atoms with Crippen LogP contribution >= 0.6 is 22.6 Å². The maximum Gasteiger partial charge on any atom is 0.293 e. The van der Waals surface area contributed by atoms with Gasteiger partial charge in [-0.25, -0.2) is 0 Å². The molecule has 0 aromatic heterocycles. The first-order valence-electron chi connectivity index (χ1n) is 5.14. The van der Waals surface area contributed by atoms with E-state index in [-0.39, 0.29) is 17.0 Å². The van der Waals surface area contributed by atoms with Gasteiger partial charge in [0.1, 0.15) is 5.56 Å². The van der Waals surface area contributed by atoms with Crippen molar-refractivity contribution in [3.05, 3.63) is 73.3 Å². The zero-order valence-electron chi connectivity index (χ0n) is 9.17. The van der Waals surface area contributed by atoms with E-state index in [1.54, 1.807) is 42.5 Å². The molecule has 0 saturated heterocycles. The molecule has 0 heterocycles. The lowest BCUT2D eigenvalue weighted by atomic mass is 10.0. The Morgan fingerprint density at radius 3 is 2.33 bits per heavy atom. The largest absolute Gasteiger partial charge is 0.293 e. The molecule has 0 bridgehead atoms. The lowest BCUT2D eigenvalue weighted by molar-refractivity contribution is -0.386. The number of para-hydroxylation sites is 1. The molecule has 0 radical (unpaired) electrons. The number of hydrogen-bond donors (Lipinski definition) is 0. The number of nitro benzene ring substituents is 1. The molecule has 0 fully saturated rings. The Morgan fingerprint density at radius 1 is 1.06 bits per heavy atom. The quantitative estimate of drug-likeness (QED) is 0.368. The van der Waals surface area contributed by atoms with Gasteiger partial charge in [0.25, 0.3) is 5.69 Å². The number of nitrogens with zero attached hydrogens (tertiary/aromatic N) is 1. The molecular weight excluding hydrogens is 345 g/mol. The molecule has 2 aromatic carbocycles. The minimum Gasteiger partial charge on any atom is -0.288 e. The topological polar surface area (TPSA) is 60.2 Å². The zero-order chi connectivity index (χ0) is 13.1. The summed E-state index contributed by atoms with van der Waals surface area (Å²) in [4.78, 5) is 22.7. The highest BCUT2D eigenvalue weighted by Gasteiger charge is 2.23. The standard InChI is InChI=1S/C13H8INO3/c14-11-8-4-7-10(12(11)15(17)18)13(16)9-5-2-1-3-6-9/h1-8H. The third kappa shape index (κ3) is 2.40. The Labute approximate surface area is 117 Å². The average Bonchev–Trinajstić information content (AvgIpc) is 2.38. The van der Waals surface area contributed by atoms with Crippen LogP contribution in [0.15, 0.2) is 48.5 Å². The van der Waals surface area contributed by atoms with Gasteiger partial charge in [-0.1, -0.05) is 36.4 Å². The third-order valence-corrected chi connectivity index (χ3v) is 3.32. The minimum absolute atomic E-state index is 0.123. The molecule has 0 spiro atoms. The van der Waals surface area contributed by atoms with E-state index in [2.05, 4.69) is 0 Å². The number of benzene rings is 2. The number of hydrogen-bond acceptors (Lipinski definition) is 3. The van der Waals surface area contributed by atoms with Gasteiger partial charge >= 0.3 is 0 Å². The van der Waals surface area contributed by atoms with Gasteiger partial charge < -0.3 is 0 Å². The van der Waals surface area contributed by atoms with Gasteiger partial charge in [-0.15, -0.1) is 0 Å². The van der Waals surface area contributed by atoms with Crippen LogP contribution in [0.1, 0.15) is 15.9 Å². The average molecular weight is 353 g/mol. The van der Waals surface area contributed by atoms with Gasteiger partial charge in [0.15, 0.2) is 5.78 Å². The van der Waals surface area contributed by atoms with Crippen molar-refractivity contribution in [2.75, 3.05) is 0 Å². The Bertz CT molecular complexity index is 611. The predicted molar refractivity (Wildman–Crippen MR) is 75.7 cm³/mol. The van der Waals surface area contributed by atoms with Crippen LogP contribution in [-0.2, 0) is 0 Å². The van der Waals surface area contributed by atoms with Crippen molar-refractivity contribution in [3.8, 4) is 0 Å². The van der Waals surface area contributed by atoms with Gasteiger partial charge in [-0.2, -0.15) is 0 Å². The maximum absolute atomic E-state index is 12.2. The molecule has 2 rings (SSSR count). The summed E-state index contributed by atoms with van der Waals surface area (Å²) in [5, 5.41) is 11.0. The van der Waals surface area contributed by atoms with Crippen molar-refractivity contribution in [3.63, 3.8) is 0 Å². The molecule has 0 aliphatic heterocycles. The van der Waals surface area contributed by atoms with Crippen LogP contribution in [0, 0.1) is 13.7 Å². The van der Waals surface area contributed by atoms with E-state index < -0.39 is 4.92 Å². The SMILES string of the molecule is O=C(c1ccccc1)c1cccc(I)c1[N+](=O)[O-]. The Kier molecular flexibility index (Phi) is 3.71. The predicted octanol–water partition coefficient (Wildman–Crippen LogP) is 3.43. The molecule has 0 saturated carbocycles. The second kappa shape index (κ2) is 5.26. The van der Waals surface area contributed by atoms with Crippen LogP contribution in [0.3, 0.4) is 0 Å². The molecule has 2 aromatic rings. The Hall–Kier alpha value is -1.76. The highest BCUT2D eigenvalue weighted by atomic mass is 127. The molecule has 0 atom stereocenters. The molecular formula is C13H8INO3. The van der Waals surface area contributed by atoms with E-state index in [1.165, 1.54) is 6.07 Å². The summed E-state index contributed by atoms with van der Waals surface area (Å²) in [6, 6.07) is 13.3. The van der Waals surface area contributed by atoms with Crippen LogP contribution in [0.2, 0.25) is 0 Å². The Morgan fingerprint density at radius 2 is 1.72 bits per heavy atom.